The zero-order valence-corrected chi connectivity index (χ0v) is 20.6. The summed E-state index contributed by atoms with van der Waals surface area (Å²) in [5, 5.41) is 19.6. The van der Waals surface area contributed by atoms with E-state index in [0.29, 0.717) is 34.7 Å². The normalized spacial score (nSPS) is 17.4. The van der Waals surface area contributed by atoms with Crippen molar-refractivity contribution < 1.29 is 16.8 Å². The quantitative estimate of drug-likeness (QED) is 0.265. The first kappa shape index (κ1) is 23.7. The van der Waals surface area contributed by atoms with Gasteiger partial charge in [0.15, 0.2) is 5.13 Å². The van der Waals surface area contributed by atoms with Crippen LogP contribution in [-0.4, -0.2) is 66.4 Å². The van der Waals surface area contributed by atoms with Gasteiger partial charge in [-0.25, -0.2) is 27.0 Å². The summed E-state index contributed by atoms with van der Waals surface area (Å²) in [6.07, 6.45) is 0.573. The maximum atomic E-state index is 13.6. The third-order valence-electron chi connectivity index (χ3n) is 5.90. The minimum Gasteiger partial charge on any atom is -0.375 e. The van der Waals surface area contributed by atoms with Crippen molar-refractivity contribution in [3.05, 3.63) is 30.3 Å². The average molecular weight is 536 g/mol. The van der Waals surface area contributed by atoms with E-state index in [2.05, 4.69) is 25.6 Å². The molecule has 16 heteroatoms. The summed E-state index contributed by atoms with van der Waals surface area (Å²) < 4.78 is 55.1. The number of nitrogens with zero attached hydrogens (tertiary/aromatic N) is 5. The summed E-state index contributed by atoms with van der Waals surface area (Å²) in [5.41, 5.74) is 12.9. The van der Waals surface area contributed by atoms with E-state index in [9.17, 15) is 16.8 Å². The van der Waals surface area contributed by atoms with Crippen LogP contribution in [0.2, 0.25) is 0 Å². The largest absolute Gasteiger partial charge is 0.375 e. The molecule has 4 aromatic rings. The van der Waals surface area contributed by atoms with E-state index in [-0.39, 0.29) is 30.4 Å². The summed E-state index contributed by atoms with van der Waals surface area (Å²) in [4.78, 5) is 3.28. The van der Waals surface area contributed by atoms with Gasteiger partial charge in [-0.15, -0.1) is 10.2 Å². The Kier molecular flexibility index (Phi) is 5.81. The van der Waals surface area contributed by atoms with Gasteiger partial charge in [-0.2, -0.15) is 9.52 Å². The van der Waals surface area contributed by atoms with Gasteiger partial charge in [-0.05, 0) is 41.8 Å². The van der Waals surface area contributed by atoms with Crippen LogP contribution in [-0.2, 0) is 20.0 Å². The predicted octanol–water partition coefficient (Wildman–Crippen LogP) is 0.342. The number of aromatic amines is 1. The second-order valence-electron chi connectivity index (χ2n) is 8.05. The Morgan fingerprint density at radius 1 is 1.14 bits per heavy atom. The summed E-state index contributed by atoms with van der Waals surface area (Å²) in [6, 6.07) is 8.02. The van der Waals surface area contributed by atoms with Gasteiger partial charge in [0.1, 0.15) is 9.79 Å². The molecule has 35 heavy (non-hydrogen) atoms. The highest BCUT2D eigenvalue weighted by Crippen LogP contribution is 2.42. The van der Waals surface area contributed by atoms with Gasteiger partial charge in [0, 0.05) is 18.7 Å². The standard InChI is InChI=1S/C19H21N9O4S3/c20-8-10-6-7-28(9-10)35(31,32)14-5-4-11(12-2-1-3-13-16(12)23-19(21)33-13)15(17(14)34(22,29)30)18-24-26-27-25-18/h1-5,10H,6-9,20H2,(H2,21,23)(H2,22,29,30)(H,24,25,26,27). The third kappa shape index (κ3) is 4.07. The zero-order chi connectivity index (χ0) is 25.0. The molecule has 1 fully saturated rings. The van der Waals surface area contributed by atoms with Crippen LogP contribution in [0.25, 0.3) is 32.7 Å². The van der Waals surface area contributed by atoms with E-state index in [1.165, 1.54) is 27.8 Å². The molecule has 184 valence electrons. The number of hydrogen-bond donors (Lipinski definition) is 4. The number of nitrogens with two attached hydrogens (primary N) is 3. The molecule has 0 radical (unpaired) electrons. The first-order valence-corrected chi connectivity index (χ1v) is 14.2. The van der Waals surface area contributed by atoms with Gasteiger partial charge in [-0.1, -0.05) is 29.5 Å². The van der Waals surface area contributed by atoms with Crippen LogP contribution in [0.5, 0.6) is 0 Å². The zero-order valence-electron chi connectivity index (χ0n) is 18.1. The maximum Gasteiger partial charge on any atom is 0.244 e. The SMILES string of the molecule is NCC1CCN(S(=O)(=O)c2ccc(-c3cccc4sc(N)nc34)c(-c3nn[nH]n3)c2S(N)(=O)=O)C1. The molecule has 1 aliphatic rings. The van der Waals surface area contributed by atoms with E-state index in [4.69, 9.17) is 16.6 Å². The molecule has 0 spiro atoms. The van der Waals surface area contributed by atoms with Crippen LogP contribution in [0.1, 0.15) is 6.42 Å². The molecule has 5 rings (SSSR count). The number of anilines is 1. The van der Waals surface area contributed by atoms with Crippen molar-refractivity contribution in [1.29, 1.82) is 0 Å². The van der Waals surface area contributed by atoms with Crippen LogP contribution in [0.15, 0.2) is 40.1 Å². The summed E-state index contributed by atoms with van der Waals surface area (Å²) in [6.45, 7) is 0.715. The van der Waals surface area contributed by atoms with E-state index >= 15 is 0 Å². The number of sulfonamides is 2. The van der Waals surface area contributed by atoms with Gasteiger partial charge >= 0.3 is 0 Å². The maximum absolute atomic E-state index is 13.6. The van der Waals surface area contributed by atoms with Crippen molar-refractivity contribution in [2.45, 2.75) is 16.2 Å². The number of rotatable bonds is 6. The van der Waals surface area contributed by atoms with Crippen LogP contribution < -0.4 is 16.6 Å². The fourth-order valence-corrected chi connectivity index (χ4v) is 8.16. The molecule has 0 saturated carbocycles. The highest BCUT2D eigenvalue weighted by atomic mass is 32.2. The number of nitrogens with one attached hydrogen (secondary N) is 1. The van der Waals surface area contributed by atoms with Crippen molar-refractivity contribution in [1.82, 2.24) is 29.9 Å². The van der Waals surface area contributed by atoms with Crippen LogP contribution in [0, 0.1) is 5.92 Å². The molecule has 1 atom stereocenters. The first-order chi connectivity index (χ1) is 16.6. The topological polar surface area (TPSA) is 217 Å². The fourth-order valence-electron chi connectivity index (χ4n) is 4.29. The van der Waals surface area contributed by atoms with Gasteiger partial charge in [0.05, 0.1) is 15.8 Å². The second-order valence-corrected chi connectivity index (χ2v) is 12.5. The van der Waals surface area contributed by atoms with Gasteiger partial charge in [0.25, 0.3) is 0 Å². The minimum atomic E-state index is -4.60. The molecule has 1 aliphatic heterocycles. The van der Waals surface area contributed by atoms with Crippen LogP contribution in [0.4, 0.5) is 5.13 Å². The summed E-state index contributed by atoms with van der Waals surface area (Å²) >= 11 is 1.26. The number of para-hydroxylation sites is 1. The molecule has 13 nitrogen and oxygen atoms in total. The van der Waals surface area contributed by atoms with E-state index in [1.54, 1.807) is 12.1 Å². The Morgan fingerprint density at radius 3 is 2.60 bits per heavy atom. The number of nitrogen functional groups attached to an aromatic ring is 1. The second kappa shape index (κ2) is 8.58. The molecule has 3 heterocycles. The lowest BCUT2D eigenvalue weighted by Crippen LogP contribution is -2.32. The Labute approximate surface area is 204 Å². The number of tetrazole rings is 1. The van der Waals surface area contributed by atoms with Crippen molar-refractivity contribution in [3.8, 4) is 22.5 Å². The molecule has 2 aromatic carbocycles. The lowest BCUT2D eigenvalue weighted by Gasteiger charge is -2.21. The summed E-state index contributed by atoms with van der Waals surface area (Å²) in [5.74, 6) is -0.158. The Hall–Kier alpha value is -3.02. The van der Waals surface area contributed by atoms with E-state index in [0.717, 1.165) is 4.70 Å². The average Bonchev–Trinajstić information content (AvgIpc) is 3.57. The van der Waals surface area contributed by atoms with Gasteiger partial charge in [0.2, 0.25) is 25.9 Å². The van der Waals surface area contributed by atoms with E-state index < -0.39 is 29.8 Å². The lowest BCUT2D eigenvalue weighted by molar-refractivity contribution is 0.457. The van der Waals surface area contributed by atoms with Gasteiger partial charge < -0.3 is 11.5 Å². The van der Waals surface area contributed by atoms with Crippen LogP contribution in [0.3, 0.4) is 0 Å². The van der Waals surface area contributed by atoms with Crippen molar-refractivity contribution in [2.75, 3.05) is 25.4 Å². The fraction of sp³-hybridized carbons (Fsp3) is 0.263. The van der Waals surface area contributed by atoms with Crippen LogP contribution >= 0.6 is 11.3 Å². The highest BCUT2D eigenvalue weighted by molar-refractivity contribution is 7.92. The predicted molar refractivity (Wildman–Crippen MR) is 130 cm³/mol. The lowest BCUT2D eigenvalue weighted by atomic mass is 9.98. The highest BCUT2D eigenvalue weighted by Gasteiger charge is 2.38. The number of primary sulfonamides is 1. The number of hydrogen-bond acceptors (Lipinski definition) is 11. The molecule has 1 saturated heterocycles. The molecular weight excluding hydrogens is 514 g/mol. The molecular formula is C19H21N9O4S3. The smallest absolute Gasteiger partial charge is 0.244 e. The molecule has 2 aromatic heterocycles. The molecule has 0 aliphatic carbocycles. The Morgan fingerprint density at radius 2 is 1.94 bits per heavy atom. The van der Waals surface area contributed by atoms with Gasteiger partial charge in [-0.3, -0.25) is 0 Å². The Balaban J connectivity index is 1.84. The first-order valence-electron chi connectivity index (χ1n) is 10.4. The summed E-state index contributed by atoms with van der Waals surface area (Å²) in [7, 11) is -8.84. The number of aromatic nitrogens is 5. The monoisotopic (exact) mass is 535 g/mol. The molecule has 1 unspecified atom stereocenters. The number of fused-ring (bicyclic) bond motifs is 1. The third-order valence-corrected chi connectivity index (χ3v) is 9.78. The Bertz CT molecular complexity index is 1630. The van der Waals surface area contributed by atoms with Crippen molar-refractivity contribution >= 4 is 46.7 Å². The van der Waals surface area contributed by atoms with E-state index in [1.807, 2.05) is 6.07 Å². The van der Waals surface area contributed by atoms with Crippen molar-refractivity contribution in [3.63, 3.8) is 0 Å². The number of thiazole rings is 1. The molecule has 7 N–H and O–H groups in total. The molecule has 0 bridgehead atoms. The van der Waals surface area contributed by atoms with Crippen molar-refractivity contribution in [2.24, 2.45) is 16.8 Å². The number of benzene rings is 2. The minimum absolute atomic E-state index is 0.0219. The number of H-pyrrole nitrogens is 1. The molecule has 0 amide bonds.